The summed E-state index contributed by atoms with van der Waals surface area (Å²) in [4.78, 5) is 0. The number of unbranched alkanes of at least 4 members (excludes halogenated alkanes) is 1. The number of thioether (sulfide) groups is 1. The smallest absolute Gasteiger partial charge is 0.0223 e. The average Bonchev–Trinajstić information content (AvgIpc) is 2.45. The molecule has 0 N–H and O–H groups in total. The van der Waals surface area contributed by atoms with Crippen molar-refractivity contribution in [3.8, 4) is 0 Å². The topological polar surface area (TPSA) is 0 Å². The largest absolute Gasteiger partial charge is 0.153 e. The maximum Gasteiger partial charge on any atom is 0.0223 e. The fourth-order valence-electron chi connectivity index (χ4n) is 0.818. The molecule has 0 aromatic heterocycles. The third-order valence-corrected chi connectivity index (χ3v) is 3.17. The molecule has 1 heteroatoms. The summed E-state index contributed by atoms with van der Waals surface area (Å²) >= 11 is 2.11. The van der Waals surface area contributed by atoms with Crippen LogP contribution in [0.3, 0.4) is 0 Å². The second kappa shape index (κ2) is 2.30. The first kappa shape index (κ1) is 6.47. The summed E-state index contributed by atoms with van der Waals surface area (Å²) in [6.45, 7) is 4.63. The fraction of sp³-hybridized carbons (Fsp3) is 1.00. The van der Waals surface area contributed by atoms with E-state index in [1.54, 1.807) is 0 Å². The molecule has 1 aliphatic rings. The van der Waals surface area contributed by atoms with Gasteiger partial charge in [-0.3, -0.25) is 0 Å². The van der Waals surface area contributed by atoms with Crippen LogP contribution in [0.1, 0.15) is 33.1 Å². The second-order valence-corrected chi connectivity index (χ2v) is 4.41. The molecule has 0 amide bonds. The van der Waals surface area contributed by atoms with Crippen molar-refractivity contribution >= 4 is 11.8 Å². The quantitative estimate of drug-likeness (QED) is 0.529. The Morgan fingerprint density at radius 3 is 2.62 bits per heavy atom. The van der Waals surface area contributed by atoms with Gasteiger partial charge < -0.3 is 0 Å². The van der Waals surface area contributed by atoms with E-state index in [1.807, 2.05) is 0 Å². The van der Waals surface area contributed by atoms with Gasteiger partial charge in [0, 0.05) is 10.5 Å². The Morgan fingerprint density at radius 2 is 2.25 bits per heavy atom. The van der Waals surface area contributed by atoms with Gasteiger partial charge in [-0.1, -0.05) is 19.8 Å². The molecule has 1 unspecified atom stereocenters. The Hall–Kier alpha value is 0.350. The highest BCUT2D eigenvalue weighted by atomic mass is 32.2. The zero-order chi connectivity index (χ0) is 6.04. The summed E-state index contributed by atoms with van der Waals surface area (Å²) in [7, 11) is 0. The first-order valence-electron chi connectivity index (χ1n) is 3.41. The van der Waals surface area contributed by atoms with Crippen LogP contribution < -0.4 is 0 Å². The van der Waals surface area contributed by atoms with Crippen molar-refractivity contribution in [3.05, 3.63) is 0 Å². The summed E-state index contributed by atoms with van der Waals surface area (Å²) < 4.78 is 0.718. The normalized spacial score (nSPS) is 35.2. The molecule has 0 aliphatic carbocycles. The van der Waals surface area contributed by atoms with E-state index < -0.39 is 0 Å². The maximum absolute atomic E-state index is 2.37. The van der Waals surface area contributed by atoms with Gasteiger partial charge in [-0.25, -0.2) is 0 Å². The van der Waals surface area contributed by atoms with Crippen molar-refractivity contribution in [2.45, 2.75) is 37.9 Å². The molecule has 1 fully saturated rings. The first-order valence-corrected chi connectivity index (χ1v) is 4.39. The van der Waals surface area contributed by atoms with Gasteiger partial charge in [0.15, 0.2) is 0 Å². The lowest BCUT2D eigenvalue weighted by molar-refractivity contribution is 0.640. The summed E-state index contributed by atoms with van der Waals surface area (Å²) in [5, 5.41) is 0. The van der Waals surface area contributed by atoms with Crippen molar-refractivity contribution in [2.24, 2.45) is 0 Å². The minimum atomic E-state index is 0.718. The van der Waals surface area contributed by atoms with Crippen LogP contribution in [0.2, 0.25) is 0 Å². The molecule has 1 atom stereocenters. The predicted molar refractivity (Wildman–Crippen MR) is 40.4 cm³/mol. The van der Waals surface area contributed by atoms with Gasteiger partial charge >= 0.3 is 0 Å². The van der Waals surface area contributed by atoms with Crippen molar-refractivity contribution in [1.29, 1.82) is 0 Å². The Bertz CT molecular complexity index is 74.5. The van der Waals surface area contributed by atoms with Gasteiger partial charge in [0.25, 0.3) is 0 Å². The fourth-order valence-corrected chi connectivity index (χ4v) is 1.50. The van der Waals surface area contributed by atoms with Crippen LogP contribution in [0.25, 0.3) is 0 Å². The van der Waals surface area contributed by atoms with E-state index in [0.717, 1.165) is 4.75 Å². The molecule has 48 valence electrons. The van der Waals surface area contributed by atoms with E-state index in [4.69, 9.17) is 0 Å². The zero-order valence-electron chi connectivity index (χ0n) is 5.74. The Labute approximate surface area is 56.0 Å². The summed E-state index contributed by atoms with van der Waals surface area (Å²) in [5.41, 5.74) is 0. The molecular weight excluding hydrogens is 116 g/mol. The third kappa shape index (κ3) is 1.70. The molecule has 8 heavy (non-hydrogen) atoms. The van der Waals surface area contributed by atoms with Crippen molar-refractivity contribution in [1.82, 2.24) is 0 Å². The van der Waals surface area contributed by atoms with Crippen molar-refractivity contribution in [2.75, 3.05) is 5.75 Å². The van der Waals surface area contributed by atoms with Gasteiger partial charge in [-0.2, -0.15) is 11.8 Å². The van der Waals surface area contributed by atoms with Crippen LogP contribution in [0.15, 0.2) is 0 Å². The monoisotopic (exact) mass is 130 g/mol. The molecular formula is C7H14S. The minimum absolute atomic E-state index is 0.718. The molecule has 1 saturated heterocycles. The maximum atomic E-state index is 2.37. The molecule has 0 nitrogen and oxygen atoms in total. The average molecular weight is 130 g/mol. The Kier molecular flexibility index (Phi) is 1.86. The summed E-state index contributed by atoms with van der Waals surface area (Å²) in [5.74, 6) is 1.41. The highest BCUT2D eigenvalue weighted by Gasteiger charge is 2.37. The lowest BCUT2D eigenvalue weighted by Gasteiger charge is -2.01. The zero-order valence-corrected chi connectivity index (χ0v) is 6.55. The van der Waals surface area contributed by atoms with Crippen LogP contribution in [0.4, 0.5) is 0 Å². The van der Waals surface area contributed by atoms with E-state index >= 15 is 0 Å². The van der Waals surface area contributed by atoms with Gasteiger partial charge in [0.1, 0.15) is 0 Å². The lowest BCUT2D eigenvalue weighted by Crippen LogP contribution is -1.99. The predicted octanol–water partition coefficient (Wildman–Crippen LogP) is 2.68. The van der Waals surface area contributed by atoms with E-state index in [9.17, 15) is 0 Å². The molecule has 0 spiro atoms. The van der Waals surface area contributed by atoms with E-state index in [0.29, 0.717) is 0 Å². The van der Waals surface area contributed by atoms with E-state index in [1.165, 1.54) is 25.0 Å². The van der Waals surface area contributed by atoms with Crippen molar-refractivity contribution in [3.63, 3.8) is 0 Å². The van der Waals surface area contributed by atoms with Gasteiger partial charge in [-0.05, 0) is 13.3 Å². The summed E-state index contributed by atoms with van der Waals surface area (Å²) in [6.07, 6.45) is 4.22. The molecule has 0 aromatic rings. The SMILES string of the molecule is CCCCC1(C)CS1. The number of rotatable bonds is 3. The number of hydrogen-bond acceptors (Lipinski definition) is 1. The highest BCUT2D eigenvalue weighted by molar-refractivity contribution is 8.07. The molecule has 0 radical (unpaired) electrons. The first-order chi connectivity index (χ1) is 3.77. The minimum Gasteiger partial charge on any atom is -0.153 e. The van der Waals surface area contributed by atoms with Gasteiger partial charge in [-0.15, -0.1) is 0 Å². The highest BCUT2D eigenvalue weighted by Crippen LogP contribution is 2.47. The summed E-state index contributed by atoms with van der Waals surface area (Å²) in [6, 6.07) is 0. The van der Waals surface area contributed by atoms with Gasteiger partial charge in [0.2, 0.25) is 0 Å². The molecule has 1 aliphatic heterocycles. The van der Waals surface area contributed by atoms with Crippen LogP contribution in [0, 0.1) is 0 Å². The third-order valence-electron chi connectivity index (χ3n) is 1.70. The van der Waals surface area contributed by atoms with Crippen LogP contribution >= 0.6 is 11.8 Å². The van der Waals surface area contributed by atoms with Crippen LogP contribution in [-0.2, 0) is 0 Å². The second-order valence-electron chi connectivity index (χ2n) is 2.84. The molecule has 0 aromatic carbocycles. The molecule has 1 rings (SSSR count). The Morgan fingerprint density at radius 1 is 1.62 bits per heavy atom. The number of hydrogen-bond donors (Lipinski definition) is 0. The molecule has 0 bridgehead atoms. The Balaban J connectivity index is 2.01. The van der Waals surface area contributed by atoms with E-state index in [2.05, 4.69) is 25.6 Å². The van der Waals surface area contributed by atoms with Gasteiger partial charge in [0.05, 0.1) is 0 Å². The molecule has 0 saturated carbocycles. The van der Waals surface area contributed by atoms with E-state index in [-0.39, 0.29) is 0 Å². The standard InChI is InChI=1S/C7H14S/c1-3-4-5-7(2)6-8-7/h3-6H2,1-2H3. The lowest BCUT2D eigenvalue weighted by atomic mass is 10.1. The van der Waals surface area contributed by atoms with Crippen LogP contribution in [-0.4, -0.2) is 10.5 Å². The van der Waals surface area contributed by atoms with Crippen LogP contribution in [0.5, 0.6) is 0 Å². The van der Waals surface area contributed by atoms with Crippen molar-refractivity contribution < 1.29 is 0 Å². The molecule has 1 heterocycles.